The molecular weight excluding hydrogens is 597 g/mol. The molecule has 0 saturated carbocycles. The largest absolute Gasteiger partial charge is 0.494 e. The zero-order chi connectivity index (χ0) is 34.0. The molecule has 1 heterocycles. The van der Waals surface area contributed by atoms with Crippen LogP contribution in [0.5, 0.6) is 0 Å². The van der Waals surface area contributed by atoms with E-state index in [4.69, 9.17) is 9.31 Å². The smallest absolute Gasteiger partial charge is 0.399 e. The first kappa shape index (κ1) is 31.4. The van der Waals surface area contributed by atoms with Crippen molar-refractivity contribution in [2.75, 3.05) is 4.90 Å². The predicted octanol–water partition coefficient (Wildman–Crippen LogP) is 11.1. The molecule has 0 spiro atoms. The fourth-order valence-corrected chi connectivity index (χ4v) is 7.35. The Hall–Kier alpha value is -4.90. The van der Waals surface area contributed by atoms with E-state index in [1.54, 1.807) is 0 Å². The highest BCUT2D eigenvalue weighted by atomic mass is 16.7. The highest BCUT2D eigenvalue weighted by Gasteiger charge is 2.52. The molecule has 1 aliphatic heterocycles. The predicted molar refractivity (Wildman–Crippen MR) is 205 cm³/mol. The molecule has 1 saturated heterocycles. The molecule has 1 fully saturated rings. The Labute approximate surface area is 291 Å². The molecule has 6 aromatic carbocycles. The van der Waals surface area contributed by atoms with Crippen LogP contribution in [-0.2, 0) is 14.7 Å². The highest BCUT2D eigenvalue weighted by Crippen LogP contribution is 2.51. The van der Waals surface area contributed by atoms with Gasteiger partial charge < -0.3 is 14.2 Å². The van der Waals surface area contributed by atoms with Crippen LogP contribution in [0.4, 0.5) is 17.1 Å². The lowest BCUT2D eigenvalue weighted by atomic mass is 9.76. The van der Waals surface area contributed by atoms with Crippen LogP contribution in [0.25, 0.3) is 33.4 Å². The number of fused-ring (bicyclic) bond motifs is 3. The second-order valence-electron chi connectivity index (χ2n) is 14.9. The van der Waals surface area contributed by atoms with Gasteiger partial charge in [-0.05, 0) is 114 Å². The highest BCUT2D eigenvalue weighted by molar-refractivity contribution is 6.62. The summed E-state index contributed by atoms with van der Waals surface area (Å²) >= 11 is 0. The van der Waals surface area contributed by atoms with E-state index in [0.717, 1.165) is 22.5 Å². The van der Waals surface area contributed by atoms with Crippen molar-refractivity contribution in [2.24, 2.45) is 0 Å². The van der Waals surface area contributed by atoms with Gasteiger partial charge in [-0.15, -0.1) is 0 Å². The number of hydrogen-bond acceptors (Lipinski definition) is 3. The lowest BCUT2D eigenvalue weighted by molar-refractivity contribution is 0.00578. The fraction of sp³-hybridized carbons (Fsp3) is 0.200. The van der Waals surface area contributed by atoms with Crippen LogP contribution in [0.2, 0.25) is 0 Å². The first-order chi connectivity index (χ1) is 23.5. The number of hydrogen-bond donors (Lipinski definition) is 0. The van der Waals surface area contributed by atoms with Gasteiger partial charge in [0.25, 0.3) is 0 Å². The van der Waals surface area contributed by atoms with Gasteiger partial charge in [0.1, 0.15) is 0 Å². The molecule has 49 heavy (non-hydrogen) atoms. The van der Waals surface area contributed by atoms with Gasteiger partial charge in [-0.2, -0.15) is 0 Å². The average Bonchev–Trinajstić information content (AvgIpc) is 3.48. The van der Waals surface area contributed by atoms with E-state index >= 15 is 0 Å². The summed E-state index contributed by atoms with van der Waals surface area (Å²) in [5.41, 5.74) is 13.4. The molecule has 0 atom stereocenters. The molecule has 0 amide bonds. The fourth-order valence-electron chi connectivity index (χ4n) is 7.35. The van der Waals surface area contributed by atoms with Gasteiger partial charge in [0, 0.05) is 22.5 Å². The Morgan fingerprint density at radius 3 is 1.33 bits per heavy atom. The first-order valence-corrected chi connectivity index (χ1v) is 17.3. The van der Waals surface area contributed by atoms with Crippen molar-refractivity contribution < 1.29 is 9.31 Å². The molecule has 0 aromatic heterocycles. The maximum absolute atomic E-state index is 6.48. The molecule has 4 heteroatoms. The van der Waals surface area contributed by atoms with Crippen LogP contribution in [0, 0.1) is 0 Å². The summed E-state index contributed by atoms with van der Waals surface area (Å²) in [6.45, 7) is 13.1. The molecule has 0 N–H and O–H groups in total. The van der Waals surface area contributed by atoms with E-state index in [1.165, 1.54) is 44.5 Å². The standard InChI is InChI=1S/C45H42BNO2/c1-43(2)41-27-21-35(46-48-44(3,4)45(5,6)49-46)29-39(41)40-30-38(26-28-42(40)43)47(36-22-17-33(18-23-36)31-13-9-7-10-14-31)37-24-19-34(20-25-37)32-15-11-8-12-16-32/h7-30H,1-6H3. The van der Waals surface area contributed by atoms with E-state index in [2.05, 4.69) is 192 Å². The molecule has 0 radical (unpaired) electrons. The normalized spacial score (nSPS) is 16.7. The van der Waals surface area contributed by atoms with Crippen LogP contribution in [-0.4, -0.2) is 18.3 Å². The van der Waals surface area contributed by atoms with Crippen molar-refractivity contribution in [3.8, 4) is 33.4 Å². The molecular formula is C45H42BNO2. The first-order valence-electron chi connectivity index (χ1n) is 17.3. The lowest BCUT2D eigenvalue weighted by Gasteiger charge is -2.32. The van der Waals surface area contributed by atoms with Crippen LogP contribution in [0.15, 0.2) is 146 Å². The molecule has 1 aliphatic carbocycles. The summed E-state index contributed by atoms with van der Waals surface area (Å²) in [6, 6.07) is 52.6. The van der Waals surface area contributed by atoms with Gasteiger partial charge in [-0.1, -0.05) is 123 Å². The number of nitrogens with zero attached hydrogens (tertiary/aromatic N) is 1. The van der Waals surface area contributed by atoms with Crippen LogP contribution < -0.4 is 10.4 Å². The SMILES string of the molecule is CC1(C)c2ccc(B3OC(C)(C)C(C)(C)O3)cc2-c2cc(N(c3ccc(-c4ccccc4)cc3)c3ccc(-c4ccccc4)cc3)ccc21. The molecule has 8 rings (SSSR count). The maximum atomic E-state index is 6.48. The van der Waals surface area contributed by atoms with Crippen LogP contribution in [0.1, 0.15) is 52.7 Å². The third kappa shape index (κ3) is 5.40. The van der Waals surface area contributed by atoms with Gasteiger partial charge >= 0.3 is 7.12 Å². The Balaban J connectivity index is 1.23. The molecule has 0 unspecified atom stereocenters. The number of benzene rings is 6. The van der Waals surface area contributed by atoms with E-state index < -0.39 is 18.3 Å². The Kier molecular flexibility index (Phi) is 7.44. The van der Waals surface area contributed by atoms with Crippen molar-refractivity contribution >= 4 is 29.6 Å². The minimum atomic E-state index is -0.409. The second-order valence-corrected chi connectivity index (χ2v) is 14.9. The van der Waals surface area contributed by atoms with Crippen molar-refractivity contribution in [1.82, 2.24) is 0 Å². The summed E-state index contributed by atoms with van der Waals surface area (Å²) < 4.78 is 13.0. The summed E-state index contributed by atoms with van der Waals surface area (Å²) in [5, 5.41) is 0. The topological polar surface area (TPSA) is 21.7 Å². The van der Waals surface area contributed by atoms with Gasteiger partial charge in [0.2, 0.25) is 0 Å². The van der Waals surface area contributed by atoms with Gasteiger partial charge in [0.05, 0.1) is 11.2 Å². The summed E-state index contributed by atoms with van der Waals surface area (Å²) in [4.78, 5) is 2.37. The van der Waals surface area contributed by atoms with Crippen LogP contribution >= 0.6 is 0 Å². The van der Waals surface area contributed by atoms with E-state index in [-0.39, 0.29) is 5.41 Å². The summed E-state index contributed by atoms with van der Waals surface area (Å²) in [5.74, 6) is 0. The Morgan fingerprint density at radius 1 is 0.429 bits per heavy atom. The average molecular weight is 640 g/mol. The maximum Gasteiger partial charge on any atom is 0.494 e. The van der Waals surface area contributed by atoms with Crippen molar-refractivity contribution in [2.45, 2.75) is 58.2 Å². The third-order valence-electron chi connectivity index (χ3n) is 10.9. The summed E-state index contributed by atoms with van der Waals surface area (Å²) in [7, 11) is -0.409. The van der Waals surface area contributed by atoms with Gasteiger partial charge in [0.15, 0.2) is 0 Å². The minimum absolute atomic E-state index is 0.128. The van der Waals surface area contributed by atoms with E-state index in [0.29, 0.717) is 0 Å². The van der Waals surface area contributed by atoms with E-state index in [9.17, 15) is 0 Å². The quantitative estimate of drug-likeness (QED) is 0.169. The van der Waals surface area contributed by atoms with Gasteiger partial charge in [-0.25, -0.2) is 0 Å². The second kappa shape index (κ2) is 11.6. The molecule has 6 aromatic rings. The molecule has 2 aliphatic rings. The van der Waals surface area contributed by atoms with E-state index in [1.807, 2.05) is 0 Å². The molecule has 3 nitrogen and oxygen atoms in total. The number of anilines is 3. The third-order valence-corrected chi connectivity index (χ3v) is 10.9. The molecule has 242 valence electrons. The summed E-state index contributed by atoms with van der Waals surface area (Å²) in [6.07, 6.45) is 0. The van der Waals surface area contributed by atoms with Crippen LogP contribution in [0.3, 0.4) is 0 Å². The Bertz CT molecular complexity index is 2040. The monoisotopic (exact) mass is 639 g/mol. The number of rotatable bonds is 6. The Morgan fingerprint density at radius 2 is 0.837 bits per heavy atom. The van der Waals surface area contributed by atoms with Crippen molar-refractivity contribution in [3.05, 3.63) is 157 Å². The van der Waals surface area contributed by atoms with Crippen molar-refractivity contribution in [3.63, 3.8) is 0 Å². The lowest BCUT2D eigenvalue weighted by Crippen LogP contribution is -2.41. The zero-order valence-electron chi connectivity index (χ0n) is 29.2. The molecule has 0 bridgehead atoms. The van der Waals surface area contributed by atoms with Crippen molar-refractivity contribution in [1.29, 1.82) is 0 Å². The zero-order valence-corrected chi connectivity index (χ0v) is 29.2. The minimum Gasteiger partial charge on any atom is -0.399 e. The van der Waals surface area contributed by atoms with Gasteiger partial charge in [-0.3, -0.25) is 0 Å².